The molecule has 0 aliphatic carbocycles. The van der Waals surface area contributed by atoms with Crippen LogP contribution < -0.4 is 10.6 Å². The normalized spacial score (nSPS) is 13.3. The third-order valence-corrected chi connectivity index (χ3v) is 3.80. The maximum absolute atomic E-state index is 12.5. The molecule has 2 N–H and O–H groups in total. The number of amides is 2. The molecular formula is C19H24N2O3. The van der Waals surface area contributed by atoms with E-state index in [1.165, 1.54) is 0 Å². The molecule has 2 aromatic rings. The molecule has 5 nitrogen and oxygen atoms in total. The quantitative estimate of drug-likeness (QED) is 0.821. The molecule has 0 aliphatic heterocycles. The summed E-state index contributed by atoms with van der Waals surface area (Å²) in [5.74, 6) is 0.283. The van der Waals surface area contributed by atoms with E-state index in [0.29, 0.717) is 5.76 Å². The Morgan fingerprint density at radius 2 is 1.71 bits per heavy atom. The highest BCUT2D eigenvalue weighted by molar-refractivity contribution is 5.88. The molecule has 0 bridgehead atoms. The summed E-state index contributed by atoms with van der Waals surface area (Å²) < 4.78 is 5.29. The maximum atomic E-state index is 12.5. The molecule has 5 heteroatoms. The second kappa shape index (κ2) is 8.34. The molecule has 0 radical (unpaired) electrons. The lowest BCUT2D eigenvalue weighted by Gasteiger charge is -2.23. The van der Waals surface area contributed by atoms with Crippen LogP contribution >= 0.6 is 0 Å². The first-order valence-corrected chi connectivity index (χ1v) is 8.14. The van der Waals surface area contributed by atoms with Crippen LogP contribution in [0.2, 0.25) is 0 Å². The van der Waals surface area contributed by atoms with Crippen molar-refractivity contribution in [1.29, 1.82) is 0 Å². The highest BCUT2D eigenvalue weighted by atomic mass is 16.3. The van der Waals surface area contributed by atoms with Crippen molar-refractivity contribution in [3.63, 3.8) is 0 Å². The summed E-state index contributed by atoms with van der Waals surface area (Å²) in [7, 11) is 0. The molecule has 0 unspecified atom stereocenters. The predicted molar refractivity (Wildman–Crippen MR) is 92.2 cm³/mol. The van der Waals surface area contributed by atoms with Crippen molar-refractivity contribution in [1.82, 2.24) is 10.6 Å². The molecule has 2 amide bonds. The summed E-state index contributed by atoms with van der Waals surface area (Å²) in [5.41, 5.74) is 0.918. The van der Waals surface area contributed by atoms with Gasteiger partial charge in [0.1, 0.15) is 11.8 Å². The van der Waals surface area contributed by atoms with E-state index < -0.39 is 6.04 Å². The lowest BCUT2D eigenvalue weighted by atomic mass is 10.0. The summed E-state index contributed by atoms with van der Waals surface area (Å²) in [4.78, 5) is 24.7. The standard InChI is InChI=1S/C19H24N2O3/c1-13(2)18(19(23)20-14(3)16-10-7-11-24-16)21-17(22)12-15-8-5-4-6-9-15/h4-11,13-14,18H,12H2,1-3H3,(H,20,23)(H,21,22)/t14-,18+/m1/s1. The second-order valence-electron chi connectivity index (χ2n) is 6.20. The minimum atomic E-state index is -0.585. The number of benzene rings is 1. The molecule has 2 atom stereocenters. The van der Waals surface area contributed by atoms with Crippen molar-refractivity contribution in [2.75, 3.05) is 0 Å². The van der Waals surface area contributed by atoms with Gasteiger partial charge in [-0.2, -0.15) is 0 Å². The fourth-order valence-corrected chi connectivity index (χ4v) is 2.45. The van der Waals surface area contributed by atoms with Gasteiger partial charge >= 0.3 is 0 Å². The zero-order valence-electron chi connectivity index (χ0n) is 14.3. The van der Waals surface area contributed by atoms with E-state index in [1.807, 2.05) is 57.2 Å². The smallest absolute Gasteiger partial charge is 0.243 e. The highest BCUT2D eigenvalue weighted by Gasteiger charge is 2.26. The number of hydrogen-bond donors (Lipinski definition) is 2. The van der Waals surface area contributed by atoms with E-state index in [0.717, 1.165) is 5.56 Å². The fourth-order valence-electron chi connectivity index (χ4n) is 2.45. The van der Waals surface area contributed by atoms with Gasteiger partial charge in [-0.05, 0) is 30.5 Å². The summed E-state index contributed by atoms with van der Waals surface area (Å²) in [6.45, 7) is 5.66. The molecule has 128 valence electrons. The first-order chi connectivity index (χ1) is 11.5. The Hall–Kier alpha value is -2.56. The van der Waals surface area contributed by atoms with Crippen molar-refractivity contribution < 1.29 is 14.0 Å². The van der Waals surface area contributed by atoms with Crippen molar-refractivity contribution >= 4 is 11.8 Å². The zero-order chi connectivity index (χ0) is 17.5. The van der Waals surface area contributed by atoms with Crippen molar-refractivity contribution in [2.24, 2.45) is 5.92 Å². The summed E-state index contributed by atoms with van der Waals surface area (Å²) in [5, 5.41) is 5.72. The second-order valence-corrected chi connectivity index (χ2v) is 6.20. The van der Waals surface area contributed by atoms with Crippen LogP contribution in [0.25, 0.3) is 0 Å². The van der Waals surface area contributed by atoms with Gasteiger partial charge in [0.2, 0.25) is 11.8 Å². The van der Waals surface area contributed by atoms with Gasteiger partial charge in [-0.25, -0.2) is 0 Å². The molecular weight excluding hydrogens is 304 g/mol. The van der Waals surface area contributed by atoms with E-state index in [9.17, 15) is 9.59 Å². The van der Waals surface area contributed by atoms with E-state index in [-0.39, 0.29) is 30.2 Å². The minimum absolute atomic E-state index is 0.0199. The Kier molecular flexibility index (Phi) is 6.18. The van der Waals surface area contributed by atoms with E-state index >= 15 is 0 Å². The van der Waals surface area contributed by atoms with Crippen molar-refractivity contribution in [3.05, 3.63) is 60.1 Å². The monoisotopic (exact) mass is 328 g/mol. The molecule has 0 spiro atoms. The Bertz CT molecular complexity index is 651. The third kappa shape index (κ3) is 4.98. The van der Waals surface area contributed by atoms with Crippen LogP contribution in [0.3, 0.4) is 0 Å². The molecule has 1 heterocycles. The van der Waals surface area contributed by atoms with Gasteiger partial charge in [-0.3, -0.25) is 9.59 Å². The van der Waals surface area contributed by atoms with Gasteiger partial charge in [0.05, 0.1) is 18.7 Å². The van der Waals surface area contributed by atoms with Crippen LogP contribution in [-0.2, 0) is 16.0 Å². The first-order valence-electron chi connectivity index (χ1n) is 8.14. The fraction of sp³-hybridized carbons (Fsp3) is 0.368. The first kappa shape index (κ1) is 17.8. The van der Waals surface area contributed by atoms with Gasteiger partial charge < -0.3 is 15.1 Å². The molecule has 1 aromatic heterocycles. The van der Waals surface area contributed by atoms with Crippen LogP contribution in [0.5, 0.6) is 0 Å². The Morgan fingerprint density at radius 3 is 2.29 bits per heavy atom. The van der Waals surface area contributed by atoms with Crippen LogP contribution in [0.1, 0.15) is 38.1 Å². The van der Waals surface area contributed by atoms with Gasteiger partial charge in [0.25, 0.3) is 0 Å². The Labute approximate surface area is 142 Å². The molecule has 0 fully saturated rings. The van der Waals surface area contributed by atoms with Gasteiger partial charge in [-0.15, -0.1) is 0 Å². The highest BCUT2D eigenvalue weighted by Crippen LogP contribution is 2.13. The Morgan fingerprint density at radius 1 is 1.00 bits per heavy atom. The molecule has 0 saturated heterocycles. The lowest BCUT2D eigenvalue weighted by Crippen LogP contribution is -2.50. The van der Waals surface area contributed by atoms with Gasteiger partial charge in [0, 0.05) is 0 Å². The lowest BCUT2D eigenvalue weighted by molar-refractivity contribution is -0.130. The number of hydrogen-bond acceptors (Lipinski definition) is 3. The van der Waals surface area contributed by atoms with E-state index in [1.54, 1.807) is 12.3 Å². The number of furan rings is 1. The average molecular weight is 328 g/mol. The number of carbonyl (C=O) groups excluding carboxylic acids is 2. The van der Waals surface area contributed by atoms with Gasteiger partial charge in [-0.1, -0.05) is 44.2 Å². The van der Waals surface area contributed by atoms with E-state index in [4.69, 9.17) is 4.42 Å². The molecule has 1 aromatic carbocycles. The predicted octanol–water partition coefficient (Wildman–Crippen LogP) is 2.84. The maximum Gasteiger partial charge on any atom is 0.243 e. The largest absolute Gasteiger partial charge is 0.467 e. The molecule has 0 aliphatic rings. The third-order valence-electron chi connectivity index (χ3n) is 3.80. The van der Waals surface area contributed by atoms with Crippen LogP contribution in [0.15, 0.2) is 53.1 Å². The van der Waals surface area contributed by atoms with Crippen molar-refractivity contribution in [3.8, 4) is 0 Å². The SMILES string of the molecule is CC(C)[C@H](NC(=O)Cc1ccccc1)C(=O)N[C@H](C)c1ccco1. The van der Waals surface area contributed by atoms with Gasteiger partial charge in [0.15, 0.2) is 0 Å². The van der Waals surface area contributed by atoms with Crippen LogP contribution in [0.4, 0.5) is 0 Å². The molecule has 0 saturated carbocycles. The molecule has 2 rings (SSSR count). The average Bonchev–Trinajstić information content (AvgIpc) is 3.07. The number of carbonyl (C=O) groups is 2. The topological polar surface area (TPSA) is 71.3 Å². The summed E-state index contributed by atoms with van der Waals surface area (Å²) in [6.07, 6.45) is 1.82. The van der Waals surface area contributed by atoms with Crippen molar-refractivity contribution in [2.45, 2.75) is 39.3 Å². The van der Waals surface area contributed by atoms with Crippen LogP contribution in [-0.4, -0.2) is 17.9 Å². The molecule has 24 heavy (non-hydrogen) atoms. The zero-order valence-corrected chi connectivity index (χ0v) is 14.3. The van der Waals surface area contributed by atoms with Crippen LogP contribution in [0, 0.1) is 5.92 Å². The summed E-state index contributed by atoms with van der Waals surface area (Å²) >= 11 is 0. The number of nitrogens with one attached hydrogen (secondary N) is 2. The Balaban J connectivity index is 1.95. The van der Waals surface area contributed by atoms with E-state index in [2.05, 4.69) is 10.6 Å². The number of rotatable bonds is 7. The summed E-state index contributed by atoms with van der Waals surface area (Å²) in [6, 6.07) is 12.2. The minimum Gasteiger partial charge on any atom is -0.467 e.